The lowest BCUT2D eigenvalue weighted by Gasteiger charge is -2.26. The van der Waals surface area contributed by atoms with E-state index in [1.54, 1.807) is 23.2 Å². The molecule has 0 bridgehead atoms. The Balaban J connectivity index is 1.28. The van der Waals surface area contributed by atoms with Crippen molar-refractivity contribution in [1.82, 2.24) is 24.8 Å². The highest BCUT2D eigenvalue weighted by Gasteiger charge is 2.32. The number of carbonyl (C=O) groups excluding carboxylic acids is 2. The summed E-state index contributed by atoms with van der Waals surface area (Å²) in [5, 5.41) is 16.2. The molecule has 222 valence electrons. The van der Waals surface area contributed by atoms with Crippen molar-refractivity contribution in [2.75, 3.05) is 18.4 Å². The summed E-state index contributed by atoms with van der Waals surface area (Å²) in [6.07, 6.45) is 8.95. The van der Waals surface area contributed by atoms with Crippen LogP contribution >= 0.6 is 11.3 Å². The number of hydrogen-bond acceptors (Lipinski definition) is 8. The lowest BCUT2D eigenvalue weighted by Crippen LogP contribution is -2.39. The van der Waals surface area contributed by atoms with E-state index in [0.717, 1.165) is 53.3 Å². The molecule has 3 aromatic heterocycles. The Morgan fingerprint density at radius 1 is 1.23 bits per heavy atom. The molecule has 11 heteroatoms. The number of thiophene rings is 1. The predicted octanol–water partition coefficient (Wildman–Crippen LogP) is 5.60. The third-order valence-electron chi connectivity index (χ3n) is 7.88. The summed E-state index contributed by atoms with van der Waals surface area (Å²) in [6, 6.07) is 11.8. The first-order valence-electron chi connectivity index (χ1n) is 14.8. The molecule has 4 aromatic rings. The number of carbonyl (C=O) groups is 2. The van der Waals surface area contributed by atoms with Crippen molar-refractivity contribution in [3.8, 4) is 16.7 Å². The summed E-state index contributed by atoms with van der Waals surface area (Å²) >= 11 is 1.32. The van der Waals surface area contributed by atoms with E-state index >= 15 is 0 Å². The Morgan fingerprint density at radius 2 is 2.09 bits per heavy atom. The van der Waals surface area contributed by atoms with Crippen LogP contribution in [0.25, 0.3) is 21.7 Å². The van der Waals surface area contributed by atoms with Crippen LogP contribution in [0.1, 0.15) is 54.8 Å². The summed E-state index contributed by atoms with van der Waals surface area (Å²) in [6.45, 7) is 6.72. The molecule has 2 aliphatic rings. The van der Waals surface area contributed by atoms with Gasteiger partial charge in [-0.3, -0.25) is 14.9 Å². The van der Waals surface area contributed by atoms with Crippen molar-refractivity contribution in [3.63, 3.8) is 0 Å². The molecule has 43 heavy (non-hydrogen) atoms. The number of nitriles is 1. The summed E-state index contributed by atoms with van der Waals surface area (Å²) in [5.74, 6) is 1.40. The van der Waals surface area contributed by atoms with Gasteiger partial charge < -0.3 is 19.2 Å². The highest BCUT2D eigenvalue weighted by atomic mass is 32.1. The van der Waals surface area contributed by atoms with Crippen LogP contribution in [0.5, 0.6) is 0 Å². The van der Waals surface area contributed by atoms with Crippen LogP contribution in [-0.4, -0.2) is 50.4 Å². The minimum absolute atomic E-state index is 0.0915. The van der Waals surface area contributed by atoms with Gasteiger partial charge in [-0.25, -0.2) is 9.97 Å². The molecule has 0 radical (unpaired) electrons. The SMILES string of the molecule is CC(C)C=C(C#N)C(=O)N1CCCC1Cn1c(NC(=O)c2ccc(-c3cnco3)s2)nc2cc(CNCC3CC3)ccc21. The van der Waals surface area contributed by atoms with E-state index in [9.17, 15) is 14.9 Å². The molecule has 1 unspecified atom stereocenters. The van der Waals surface area contributed by atoms with Crippen LogP contribution < -0.4 is 10.6 Å². The lowest BCUT2D eigenvalue weighted by molar-refractivity contribution is -0.127. The lowest BCUT2D eigenvalue weighted by atomic mass is 10.1. The summed E-state index contributed by atoms with van der Waals surface area (Å²) in [7, 11) is 0. The van der Waals surface area contributed by atoms with Crippen LogP contribution in [0.15, 0.2) is 59.0 Å². The first kappa shape index (κ1) is 28.8. The number of amides is 2. The molecule has 4 heterocycles. The van der Waals surface area contributed by atoms with Crippen molar-refractivity contribution >= 4 is 40.1 Å². The molecule has 2 amide bonds. The number of nitrogens with one attached hydrogen (secondary N) is 2. The van der Waals surface area contributed by atoms with Crippen molar-refractivity contribution < 1.29 is 14.0 Å². The molecule has 1 saturated carbocycles. The fourth-order valence-electron chi connectivity index (χ4n) is 5.55. The third-order valence-corrected chi connectivity index (χ3v) is 8.98. The van der Waals surface area contributed by atoms with E-state index in [4.69, 9.17) is 9.40 Å². The van der Waals surface area contributed by atoms with Crippen LogP contribution in [0.2, 0.25) is 0 Å². The maximum atomic E-state index is 13.4. The average Bonchev–Trinajstić information content (AvgIpc) is 3.44. The maximum absolute atomic E-state index is 13.4. The van der Waals surface area contributed by atoms with Crippen LogP contribution in [0, 0.1) is 23.2 Å². The number of oxazole rings is 1. The second-order valence-corrected chi connectivity index (χ2v) is 12.7. The number of nitrogens with zero attached hydrogens (tertiary/aromatic N) is 5. The van der Waals surface area contributed by atoms with Gasteiger partial charge in [0, 0.05) is 19.6 Å². The number of benzene rings is 1. The summed E-state index contributed by atoms with van der Waals surface area (Å²) in [5.41, 5.74) is 2.96. The molecule has 6 rings (SSSR count). The topological polar surface area (TPSA) is 129 Å². The first-order chi connectivity index (χ1) is 20.9. The van der Waals surface area contributed by atoms with Crippen molar-refractivity contribution in [3.05, 3.63) is 65.0 Å². The van der Waals surface area contributed by atoms with Gasteiger partial charge >= 0.3 is 0 Å². The number of fused-ring (bicyclic) bond motifs is 1. The van der Waals surface area contributed by atoms with Crippen LogP contribution in [0.4, 0.5) is 5.95 Å². The molecule has 1 saturated heterocycles. The smallest absolute Gasteiger partial charge is 0.268 e. The van der Waals surface area contributed by atoms with Gasteiger partial charge in [0.15, 0.2) is 12.2 Å². The minimum Gasteiger partial charge on any atom is -0.443 e. The number of aromatic nitrogens is 3. The second-order valence-electron chi connectivity index (χ2n) is 11.7. The highest BCUT2D eigenvalue weighted by molar-refractivity contribution is 7.17. The Labute approximate surface area is 254 Å². The van der Waals surface area contributed by atoms with E-state index < -0.39 is 0 Å². The maximum Gasteiger partial charge on any atom is 0.268 e. The number of anilines is 1. The average molecular weight is 598 g/mol. The van der Waals surface area contributed by atoms with E-state index in [2.05, 4.69) is 33.8 Å². The fraction of sp³-hybridized carbons (Fsp3) is 0.406. The predicted molar refractivity (Wildman–Crippen MR) is 165 cm³/mol. The molecule has 1 atom stereocenters. The first-order valence-corrected chi connectivity index (χ1v) is 15.6. The number of likely N-dealkylation sites (tertiary alicyclic amines) is 1. The molecule has 1 aliphatic heterocycles. The van der Waals surface area contributed by atoms with E-state index in [1.807, 2.05) is 30.5 Å². The van der Waals surface area contributed by atoms with Gasteiger partial charge in [0.2, 0.25) is 5.95 Å². The van der Waals surface area contributed by atoms with Crippen molar-refractivity contribution in [2.45, 2.75) is 58.7 Å². The highest BCUT2D eigenvalue weighted by Crippen LogP contribution is 2.31. The van der Waals surface area contributed by atoms with E-state index in [1.165, 1.54) is 30.6 Å². The van der Waals surface area contributed by atoms with Crippen LogP contribution in [-0.2, 0) is 17.9 Å². The number of hydrogen-bond donors (Lipinski definition) is 2. The number of allylic oxidation sites excluding steroid dienone is 1. The Bertz CT molecular complexity index is 1690. The van der Waals surface area contributed by atoms with Gasteiger partial charge in [0.1, 0.15) is 11.6 Å². The normalized spacial score (nSPS) is 17.1. The van der Waals surface area contributed by atoms with Gasteiger partial charge in [-0.05, 0) is 73.9 Å². The van der Waals surface area contributed by atoms with Crippen molar-refractivity contribution in [1.29, 1.82) is 5.26 Å². The number of imidazole rings is 1. The third kappa shape index (κ3) is 6.55. The van der Waals surface area contributed by atoms with E-state index in [-0.39, 0.29) is 29.3 Å². The van der Waals surface area contributed by atoms with Crippen molar-refractivity contribution in [2.24, 2.45) is 11.8 Å². The quantitative estimate of drug-likeness (QED) is 0.170. The molecular weight excluding hydrogens is 562 g/mol. The monoisotopic (exact) mass is 597 g/mol. The fourth-order valence-corrected chi connectivity index (χ4v) is 6.40. The molecular formula is C32H35N7O3S. The molecule has 2 N–H and O–H groups in total. The summed E-state index contributed by atoms with van der Waals surface area (Å²) in [4.78, 5) is 38.8. The van der Waals surface area contributed by atoms with Gasteiger partial charge in [-0.2, -0.15) is 5.26 Å². The molecule has 0 spiro atoms. The molecule has 10 nitrogen and oxygen atoms in total. The Hall–Kier alpha value is -4.27. The zero-order valence-electron chi connectivity index (χ0n) is 24.4. The van der Waals surface area contributed by atoms with Gasteiger partial charge in [0.05, 0.1) is 33.0 Å². The van der Waals surface area contributed by atoms with Crippen LogP contribution in [0.3, 0.4) is 0 Å². The largest absolute Gasteiger partial charge is 0.443 e. The standard InChI is InChI=1S/C32H35N7O3S/c1-20(2)12-23(14-33)31(41)38-11-3-4-24(38)18-39-26-8-7-22(16-34-15-21-5-6-21)13-25(26)36-32(39)37-30(40)29-10-9-28(43-29)27-17-35-19-42-27/h7-10,12-13,17,19-21,24,34H,3-6,11,15-16,18H2,1-2H3,(H,36,37,40). The van der Waals surface area contributed by atoms with Gasteiger partial charge in [-0.15, -0.1) is 11.3 Å². The Kier molecular flexibility index (Phi) is 8.40. The molecule has 1 aromatic carbocycles. The van der Waals surface area contributed by atoms with Gasteiger partial charge in [0.25, 0.3) is 11.8 Å². The van der Waals surface area contributed by atoms with Gasteiger partial charge in [-0.1, -0.05) is 26.0 Å². The zero-order chi connectivity index (χ0) is 29.9. The molecule has 2 fully saturated rings. The molecule has 1 aliphatic carbocycles. The summed E-state index contributed by atoms with van der Waals surface area (Å²) < 4.78 is 7.38. The second kappa shape index (κ2) is 12.5. The minimum atomic E-state index is -0.273. The Morgan fingerprint density at radius 3 is 2.84 bits per heavy atom. The zero-order valence-corrected chi connectivity index (χ0v) is 25.2. The number of rotatable bonds is 11. The van der Waals surface area contributed by atoms with E-state index in [0.29, 0.717) is 29.7 Å².